The largest absolute Gasteiger partial charge is 0.460 e. The minimum Gasteiger partial charge on any atom is -0.460 e. The lowest BCUT2D eigenvalue weighted by Gasteiger charge is -2.19. The standard InChI is InChI=1S/C10H15N3O2/c1-10(2,3)15-9(14)7-8(11)13-6-4-5-12-13/h4-6,11H,7H2,1-3H3. The van der Waals surface area contributed by atoms with Crippen molar-refractivity contribution in [3.63, 3.8) is 0 Å². The Morgan fingerprint density at radius 3 is 2.67 bits per heavy atom. The molecule has 1 aromatic rings. The average Bonchev–Trinajstić information content (AvgIpc) is 2.50. The van der Waals surface area contributed by atoms with E-state index in [2.05, 4.69) is 5.10 Å². The molecule has 0 saturated heterocycles. The molecule has 0 aromatic carbocycles. The third-order valence-electron chi connectivity index (χ3n) is 1.51. The fraction of sp³-hybridized carbons (Fsp3) is 0.500. The van der Waals surface area contributed by atoms with Gasteiger partial charge in [0.05, 0.1) is 0 Å². The van der Waals surface area contributed by atoms with E-state index in [1.54, 1.807) is 39.2 Å². The van der Waals surface area contributed by atoms with Crippen LogP contribution in [0.15, 0.2) is 18.5 Å². The van der Waals surface area contributed by atoms with Gasteiger partial charge in [-0.05, 0) is 26.8 Å². The van der Waals surface area contributed by atoms with Gasteiger partial charge in [0.2, 0.25) is 0 Å². The highest BCUT2D eigenvalue weighted by atomic mass is 16.6. The van der Waals surface area contributed by atoms with Gasteiger partial charge in [-0.1, -0.05) is 0 Å². The summed E-state index contributed by atoms with van der Waals surface area (Å²) in [5.41, 5.74) is -0.512. The van der Waals surface area contributed by atoms with E-state index in [1.807, 2.05) is 0 Å². The molecule has 0 spiro atoms. The van der Waals surface area contributed by atoms with Crippen molar-refractivity contribution in [1.29, 1.82) is 5.41 Å². The molecule has 1 heterocycles. The first-order valence-electron chi connectivity index (χ1n) is 4.68. The number of ether oxygens (including phenoxy) is 1. The summed E-state index contributed by atoms with van der Waals surface area (Å²) in [6.07, 6.45) is 3.11. The first-order chi connectivity index (χ1) is 6.88. The zero-order valence-corrected chi connectivity index (χ0v) is 9.15. The van der Waals surface area contributed by atoms with E-state index < -0.39 is 11.6 Å². The Labute approximate surface area is 88.6 Å². The maximum Gasteiger partial charge on any atom is 0.314 e. The molecule has 0 bridgehead atoms. The molecule has 0 radical (unpaired) electrons. The predicted octanol–water partition coefficient (Wildman–Crippen LogP) is 1.44. The minimum atomic E-state index is -0.512. The van der Waals surface area contributed by atoms with Gasteiger partial charge in [-0.15, -0.1) is 0 Å². The Hall–Kier alpha value is -1.65. The summed E-state index contributed by atoms with van der Waals surface area (Å²) < 4.78 is 6.42. The summed E-state index contributed by atoms with van der Waals surface area (Å²) >= 11 is 0. The molecule has 1 rings (SSSR count). The van der Waals surface area contributed by atoms with Crippen LogP contribution in [0.4, 0.5) is 0 Å². The summed E-state index contributed by atoms with van der Waals surface area (Å²) in [5.74, 6) is -0.308. The van der Waals surface area contributed by atoms with Crippen molar-refractivity contribution in [3.8, 4) is 0 Å². The van der Waals surface area contributed by atoms with Gasteiger partial charge in [-0.2, -0.15) is 5.10 Å². The molecule has 1 N–H and O–H groups in total. The zero-order chi connectivity index (χ0) is 11.5. The van der Waals surface area contributed by atoms with Crippen molar-refractivity contribution in [1.82, 2.24) is 9.78 Å². The Morgan fingerprint density at radius 1 is 1.53 bits per heavy atom. The molecule has 0 aliphatic heterocycles. The van der Waals surface area contributed by atoms with Crippen LogP contribution in [-0.4, -0.2) is 27.2 Å². The SMILES string of the molecule is CC(C)(C)OC(=O)CC(=N)n1cccn1. The summed E-state index contributed by atoms with van der Waals surface area (Å²) in [6.45, 7) is 5.38. The molecule has 0 aliphatic rings. The predicted molar refractivity (Wildman–Crippen MR) is 55.8 cm³/mol. The second-order valence-electron chi connectivity index (χ2n) is 4.16. The smallest absolute Gasteiger partial charge is 0.314 e. The van der Waals surface area contributed by atoms with Crippen LogP contribution >= 0.6 is 0 Å². The minimum absolute atomic E-state index is 0.0705. The maximum atomic E-state index is 11.4. The number of hydrogen-bond donors (Lipinski definition) is 1. The van der Waals surface area contributed by atoms with Crippen LogP contribution in [0, 0.1) is 5.41 Å². The fourth-order valence-corrected chi connectivity index (χ4v) is 1.02. The number of nitrogens with one attached hydrogen (secondary N) is 1. The number of carbonyl (C=O) groups is 1. The van der Waals surface area contributed by atoms with Crippen molar-refractivity contribution in [2.75, 3.05) is 0 Å². The van der Waals surface area contributed by atoms with E-state index >= 15 is 0 Å². The molecule has 5 heteroatoms. The van der Waals surface area contributed by atoms with Crippen LogP contribution in [-0.2, 0) is 9.53 Å². The lowest BCUT2D eigenvalue weighted by atomic mass is 10.2. The first-order valence-corrected chi connectivity index (χ1v) is 4.68. The van der Waals surface area contributed by atoms with Gasteiger partial charge in [0, 0.05) is 12.4 Å². The Balaban J connectivity index is 2.50. The highest BCUT2D eigenvalue weighted by Gasteiger charge is 2.17. The van der Waals surface area contributed by atoms with Gasteiger partial charge in [0.1, 0.15) is 17.9 Å². The number of hydrogen-bond acceptors (Lipinski definition) is 4. The highest BCUT2D eigenvalue weighted by molar-refractivity contribution is 5.96. The van der Waals surface area contributed by atoms with Gasteiger partial charge < -0.3 is 4.74 Å². The van der Waals surface area contributed by atoms with Crippen molar-refractivity contribution in [2.45, 2.75) is 32.8 Å². The second kappa shape index (κ2) is 4.25. The van der Waals surface area contributed by atoms with E-state index in [1.165, 1.54) is 4.68 Å². The number of rotatable bonds is 2. The Morgan fingerprint density at radius 2 is 2.20 bits per heavy atom. The van der Waals surface area contributed by atoms with Crippen LogP contribution in [0.25, 0.3) is 0 Å². The molecular weight excluding hydrogens is 194 g/mol. The van der Waals surface area contributed by atoms with Gasteiger partial charge in [-0.3, -0.25) is 10.2 Å². The molecule has 0 amide bonds. The van der Waals surface area contributed by atoms with E-state index in [4.69, 9.17) is 10.1 Å². The summed E-state index contributed by atoms with van der Waals surface area (Å²) in [4.78, 5) is 11.4. The van der Waals surface area contributed by atoms with Crippen molar-refractivity contribution in [2.24, 2.45) is 0 Å². The summed E-state index contributed by atoms with van der Waals surface area (Å²) in [5, 5.41) is 11.4. The van der Waals surface area contributed by atoms with E-state index in [0.29, 0.717) is 0 Å². The molecule has 0 unspecified atom stereocenters. The molecule has 82 valence electrons. The van der Waals surface area contributed by atoms with E-state index in [-0.39, 0.29) is 12.3 Å². The van der Waals surface area contributed by atoms with Crippen LogP contribution < -0.4 is 0 Å². The number of esters is 1. The monoisotopic (exact) mass is 209 g/mol. The highest BCUT2D eigenvalue weighted by Crippen LogP contribution is 2.08. The van der Waals surface area contributed by atoms with Crippen molar-refractivity contribution < 1.29 is 9.53 Å². The average molecular weight is 209 g/mol. The molecule has 0 saturated carbocycles. The quantitative estimate of drug-likeness (QED) is 0.455. The Kier molecular flexibility index (Phi) is 3.24. The fourth-order valence-electron chi connectivity index (χ4n) is 1.02. The lowest BCUT2D eigenvalue weighted by Crippen LogP contribution is -2.26. The third-order valence-corrected chi connectivity index (χ3v) is 1.51. The Bertz CT molecular complexity index is 349. The summed E-state index contributed by atoms with van der Waals surface area (Å²) in [6, 6.07) is 1.70. The van der Waals surface area contributed by atoms with Crippen LogP contribution in [0.2, 0.25) is 0 Å². The van der Waals surface area contributed by atoms with E-state index in [9.17, 15) is 4.79 Å². The van der Waals surface area contributed by atoms with Gasteiger partial charge in [-0.25, -0.2) is 4.68 Å². The number of nitrogens with zero attached hydrogens (tertiary/aromatic N) is 2. The topological polar surface area (TPSA) is 68.0 Å². The molecule has 1 aromatic heterocycles. The second-order valence-corrected chi connectivity index (χ2v) is 4.16. The van der Waals surface area contributed by atoms with Gasteiger partial charge in [0.25, 0.3) is 0 Å². The molecule has 15 heavy (non-hydrogen) atoms. The van der Waals surface area contributed by atoms with E-state index in [0.717, 1.165) is 0 Å². The molecule has 0 aliphatic carbocycles. The summed E-state index contributed by atoms with van der Waals surface area (Å²) in [7, 11) is 0. The lowest BCUT2D eigenvalue weighted by molar-refractivity contribution is -0.153. The van der Waals surface area contributed by atoms with Crippen molar-refractivity contribution >= 4 is 11.8 Å². The molecular formula is C10H15N3O2. The first kappa shape index (κ1) is 11.4. The van der Waals surface area contributed by atoms with Gasteiger partial charge in [0.15, 0.2) is 0 Å². The van der Waals surface area contributed by atoms with Crippen molar-refractivity contribution in [3.05, 3.63) is 18.5 Å². The maximum absolute atomic E-state index is 11.4. The normalized spacial score (nSPS) is 11.1. The number of aromatic nitrogens is 2. The van der Waals surface area contributed by atoms with Crippen LogP contribution in [0.1, 0.15) is 27.2 Å². The molecule has 5 nitrogen and oxygen atoms in total. The van der Waals surface area contributed by atoms with Crippen LogP contribution in [0.5, 0.6) is 0 Å². The molecule has 0 atom stereocenters. The van der Waals surface area contributed by atoms with Gasteiger partial charge >= 0.3 is 5.97 Å². The van der Waals surface area contributed by atoms with Crippen LogP contribution in [0.3, 0.4) is 0 Å². The number of carbonyl (C=O) groups excluding carboxylic acids is 1. The molecule has 0 fully saturated rings. The third kappa shape index (κ3) is 3.93. The zero-order valence-electron chi connectivity index (χ0n) is 9.15.